The Kier molecular flexibility index (Phi) is 4.32. The average Bonchev–Trinajstić information content (AvgIpc) is 2.80. The van der Waals surface area contributed by atoms with Crippen molar-refractivity contribution in [2.24, 2.45) is 0 Å². The van der Waals surface area contributed by atoms with E-state index in [9.17, 15) is 17.6 Å². The highest BCUT2D eigenvalue weighted by Crippen LogP contribution is 2.33. The number of halogens is 4. The van der Waals surface area contributed by atoms with Gasteiger partial charge < -0.3 is 5.32 Å². The van der Waals surface area contributed by atoms with Crippen molar-refractivity contribution in [1.82, 2.24) is 15.1 Å². The van der Waals surface area contributed by atoms with Crippen LogP contribution in [0.5, 0.6) is 0 Å². The maximum atomic E-state index is 13.3. The fourth-order valence-corrected chi connectivity index (χ4v) is 1.93. The van der Waals surface area contributed by atoms with Gasteiger partial charge in [0.05, 0.1) is 11.9 Å². The average molecular weight is 301 g/mol. The Morgan fingerprint density at radius 1 is 1.29 bits per heavy atom. The van der Waals surface area contributed by atoms with E-state index in [4.69, 9.17) is 0 Å². The van der Waals surface area contributed by atoms with Gasteiger partial charge >= 0.3 is 6.18 Å². The standard InChI is InChI=1S/C14H15F4N3/c1-9(2)19-7-10-8-20-21(13(10)14(16,17)18)12-5-3-4-11(15)6-12/h3-6,8-9,19H,7H2,1-2H3. The highest BCUT2D eigenvalue weighted by Gasteiger charge is 2.38. The molecule has 21 heavy (non-hydrogen) atoms. The van der Waals surface area contributed by atoms with E-state index in [1.54, 1.807) is 0 Å². The lowest BCUT2D eigenvalue weighted by atomic mass is 10.2. The normalized spacial score (nSPS) is 12.1. The van der Waals surface area contributed by atoms with Gasteiger partial charge in [-0.05, 0) is 18.2 Å². The maximum Gasteiger partial charge on any atom is 0.433 e. The lowest BCUT2D eigenvalue weighted by Gasteiger charge is -2.14. The molecule has 0 spiro atoms. The minimum absolute atomic E-state index is 0.0282. The second-order valence-electron chi connectivity index (χ2n) is 4.94. The number of aromatic nitrogens is 2. The lowest BCUT2D eigenvalue weighted by molar-refractivity contribution is -0.143. The zero-order chi connectivity index (χ0) is 15.6. The minimum Gasteiger partial charge on any atom is -0.310 e. The van der Waals surface area contributed by atoms with E-state index in [2.05, 4.69) is 10.4 Å². The number of nitrogens with zero attached hydrogens (tertiary/aromatic N) is 2. The summed E-state index contributed by atoms with van der Waals surface area (Å²) in [6.07, 6.45) is -3.42. The van der Waals surface area contributed by atoms with Crippen molar-refractivity contribution in [1.29, 1.82) is 0 Å². The highest BCUT2D eigenvalue weighted by atomic mass is 19.4. The Bertz CT molecular complexity index is 617. The summed E-state index contributed by atoms with van der Waals surface area (Å²) in [5.74, 6) is -0.613. The van der Waals surface area contributed by atoms with E-state index >= 15 is 0 Å². The predicted octanol–water partition coefficient (Wildman–Crippen LogP) is 3.53. The Balaban J connectivity index is 2.47. The molecule has 3 nitrogen and oxygen atoms in total. The van der Waals surface area contributed by atoms with Gasteiger partial charge in [0.1, 0.15) is 5.82 Å². The Morgan fingerprint density at radius 2 is 2.00 bits per heavy atom. The second-order valence-corrected chi connectivity index (χ2v) is 4.94. The molecule has 0 aliphatic carbocycles. The molecule has 1 N–H and O–H groups in total. The molecule has 0 amide bonds. The predicted molar refractivity (Wildman–Crippen MR) is 70.5 cm³/mol. The molecule has 2 aromatic rings. The first-order chi connectivity index (χ1) is 9.79. The van der Waals surface area contributed by atoms with Gasteiger partial charge in [-0.2, -0.15) is 18.3 Å². The van der Waals surface area contributed by atoms with Crippen LogP contribution in [0.25, 0.3) is 5.69 Å². The van der Waals surface area contributed by atoms with Gasteiger partial charge in [0, 0.05) is 18.2 Å². The Morgan fingerprint density at radius 3 is 2.57 bits per heavy atom. The van der Waals surface area contributed by atoms with Gasteiger partial charge in [-0.15, -0.1) is 0 Å². The minimum atomic E-state index is -4.57. The molecular weight excluding hydrogens is 286 g/mol. The van der Waals surface area contributed by atoms with Crippen LogP contribution in [0.1, 0.15) is 25.1 Å². The molecule has 0 saturated heterocycles. The zero-order valence-electron chi connectivity index (χ0n) is 11.6. The van der Waals surface area contributed by atoms with Crippen LogP contribution in [0.2, 0.25) is 0 Å². The summed E-state index contributed by atoms with van der Waals surface area (Å²) in [5.41, 5.74) is -0.820. The van der Waals surface area contributed by atoms with Crippen molar-refractivity contribution in [2.75, 3.05) is 0 Å². The Labute approximate surface area is 119 Å². The van der Waals surface area contributed by atoms with E-state index in [0.717, 1.165) is 16.9 Å². The van der Waals surface area contributed by atoms with E-state index in [-0.39, 0.29) is 23.8 Å². The summed E-state index contributed by atoms with van der Waals surface area (Å²) in [6, 6.07) is 4.95. The molecule has 0 fully saturated rings. The largest absolute Gasteiger partial charge is 0.433 e. The van der Waals surface area contributed by atoms with Crippen LogP contribution in [0.3, 0.4) is 0 Å². The molecule has 0 radical (unpaired) electrons. The molecule has 0 unspecified atom stereocenters. The van der Waals surface area contributed by atoms with Crippen LogP contribution in [0, 0.1) is 5.82 Å². The van der Waals surface area contributed by atoms with Gasteiger partial charge in [-0.25, -0.2) is 9.07 Å². The van der Waals surface area contributed by atoms with Gasteiger partial charge in [0.2, 0.25) is 0 Å². The topological polar surface area (TPSA) is 29.9 Å². The van der Waals surface area contributed by atoms with Crippen molar-refractivity contribution in [3.63, 3.8) is 0 Å². The molecule has 0 aliphatic rings. The fraction of sp³-hybridized carbons (Fsp3) is 0.357. The summed E-state index contributed by atoms with van der Waals surface area (Å²) in [6.45, 7) is 3.72. The molecular formula is C14H15F4N3. The summed E-state index contributed by atoms with van der Waals surface area (Å²) >= 11 is 0. The summed E-state index contributed by atoms with van der Waals surface area (Å²) in [7, 11) is 0. The first-order valence-electron chi connectivity index (χ1n) is 6.42. The number of benzene rings is 1. The van der Waals surface area contributed by atoms with Gasteiger partial charge in [0.25, 0.3) is 0 Å². The molecule has 1 aromatic carbocycles. The summed E-state index contributed by atoms with van der Waals surface area (Å²) in [4.78, 5) is 0. The van der Waals surface area contributed by atoms with Crippen LogP contribution in [0.4, 0.5) is 17.6 Å². The van der Waals surface area contributed by atoms with Gasteiger partial charge in [0.15, 0.2) is 5.69 Å². The first kappa shape index (κ1) is 15.5. The van der Waals surface area contributed by atoms with Gasteiger partial charge in [-0.3, -0.25) is 0 Å². The molecule has 1 aromatic heterocycles. The number of hydrogen-bond donors (Lipinski definition) is 1. The fourth-order valence-electron chi connectivity index (χ4n) is 1.93. The van der Waals surface area contributed by atoms with Crippen LogP contribution in [0.15, 0.2) is 30.5 Å². The van der Waals surface area contributed by atoms with Crippen molar-refractivity contribution in [2.45, 2.75) is 32.6 Å². The van der Waals surface area contributed by atoms with E-state index in [1.165, 1.54) is 18.2 Å². The Hall–Kier alpha value is -1.89. The quantitative estimate of drug-likeness (QED) is 0.876. The zero-order valence-corrected chi connectivity index (χ0v) is 11.6. The van der Waals surface area contributed by atoms with Crippen LogP contribution in [-0.2, 0) is 12.7 Å². The third-order valence-electron chi connectivity index (χ3n) is 2.87. The molecule has 7 heteroatoms. The number of hydrogen-bond acceptors (Lipinski definition) is 2. The summed E-state index contributed by atoms with van der Waals surface area (Å²) < 4.78 is 53.7. The van der Waals surface area contributed by atoms with Crippen molar-refractivity contribution >= 4 is 0 Å². The SMILES string of the molecule is CC(C)NCc1cnn(-c2cccc(F)c2)c1C(F)(F)F. The molecule has 1 heterocycles. The number of alkyl halides is 3. The van der Waals surface area contributed by atoms with Gasteiger partial charge in [-0.1, -0.05) is 19.9 Å². The van der Waals surface area contributed by atoms with Crippen molar-refractivity contribution in [3.8, 4) is 5.69 Å². The van der Waals surface area contributed by atoms with E-state index < -0.39 is 17.7 Å². The van der Waals surface area contributed by atoms with Crippen molar-refractivity contribution in [3.05, 3.63) is 47.5 Å². The second kappa shape index (κ2) is 5.85. The lowest BCUT2D eigenvalue weighted by Crippen LogP contribution is -2.24. The molecule has 0 bridgehead atoms. The smallest absolute Gasteiger partial charge is 0.310 e. The van der Waals surface area contributed by atoms with E-state index in [0.29, 0.717) is 0 Å². The number of rotatable bonds is 4. The van der Waals surface area contributed by atoms with Crippen LogP contribution >= 0.6 is 0 Å². The maximum absolute atomic E-state index is 13.3. The van der Waals surface area contributed by atoms with Crippen LogP contribution < -0.4 is 5.32 Å². The monoisotopic (exact) mass is 301 g/mol. The summed E-state index contributed by atoms with van der Waals surface area (Å²) in [5, 5.41) is 6.68. The molecule has 2 rings (SSSR count). The molecule has 114 valence electrons. The van der Waals surface area contributed by atoms with Crippen LogP contribution in [-0.4, -0.2) is 15.8 Å². The molecule has 0 atom stereocenters. The third kappa shape index (κ3) is 3.60. The van der Waals surface area contributed by atoms with Crippen molar-refractivity contribution < 1.29 is 17.6 Å². The highest BCUT2D eigenvalue weighted by molar-refractivity contribution is 5.36. The molecule has 0 saturated carbocycles. The molecule has 0 aliphatic heterocycles. The first-order valence-corrected chi connectivity index (χ1v) is 6.42. The third-order valence-corrected chi connectivity index (χ3v) is 2.87. The van der Waals surface area contributed by atoms with E-state index in [1.807, 2.05) is 13.8 Å². The number of nitrogens with one attached hydrogen (secondary N) is 1.